The van der Waals surface area contributed by atoms with Crippen LogP contribution in [0.2, 0.25) is 10.0 Å². The van der Waals surface area contributed by atoms with Crippen LogP contribution < -0.4 is 0 Å². The number of alkyl halides is 2. The molecule has 0 fully saturated rings. The highest BCUT2D eigenvalue weighted by Crippen LogP contribution is 2.34. The first-order valence-corrected chi connectivity index (χ1v) is 4.02. The summed E-state index contributed by atoms with van der Waals surface area (Å²) in [5, 5.41) is 0.115. The maximum absolute atomic E-state index is 12.3. The summed E-state index contributed by atoms with van der Waals surface area (Å²) in [6, 6.07) is 3.03. The molecule has 0 radical (unpaired) electrons. The van der Waals surface area contributed by atoms with E-state index in [1.807, 2.05) is 0 Å². The minimum absolute atomic E-state index is 0.0494. The Morgan fingerprint density at radius 3 is 2.25 bits per heavy atom. The van der Waals surface area contributed by atoms with E-state index in [4.69, 9.17) is 23.2 Å². The summed E-state index contributed by atoms with van der Waals surface area (Å²) in [7, 11) is 0. The lowest BCUT2D eigenvalue weighted by Crippen LogP contribution is -1.91. The fourth-order valence-corrected chi connectivity index (χ4v) is 1.39. The first kappa shape index (κ1) is 9.75. The van der Waals surface area contributed by atoms with E-state index < -0.39 is 6.43 Å². The van der Waals surface area contributed by atoms with Crippen molar-refractivity contribution < 1.29 is 8.78 Å². The minimum Gasteiger partial charge on any atom is -0.205 e. The predicted molar refractivity (Wildman–Crippen MR) is 46.2 cm³/mol. The van der Waals surface area contributed by atoms with E-state index in [0.29, 0.717) is 5.56 Å². The molecule has 0 N–H and O–H groups in total. The van der Waals surface area contributed by atoms with Crippen LogP contribution in [0.3, 0.4) is 0 Å². The zero-order valence-corrected chi connectivity index (χ0v) is 7.76. The summed E-state index contributed by atoms with van der Waals surface area (Å²) >= 11 is 11.1. The van der Waals surface area contributed by atoms with Crippen molar-refractivity contribution in [3.63, 3.8) is 0 Å². The number of halogens is 4. The maximum atomic E-state index is 12.3. The highest BCUT2D eigenvalue weighted by atomic mass is 35.5. The molecule has 1 rings (SSSR count). The van der Waals surface area contributed by atoms with E-state index >= 15 is 0 Å². The number of hydrogen-bond acceptors (Lipinski definition) is 0. The van der Waals surface area contributed by atoms with Crippen molar-refractivity contribution in [2.45, 2.75) is 13.3 Å². The van der Waals surface area contributed by atoms with Crippen LogP contribution >= 0.6 is 23.2 Å². The molecule has 0 bridgehead atoms. The topological polar surface area (TPSA) is 0 Å². The van der Waals surface area contributed by atoms with Crippen LogP contribution in [0.1, 0.15) is 17.6 Å². The van der Waals surface area contributed by atoms with Gasteiger partial charge in [0, 0.05) is 5.56 Å². The van der Waals surface area contributed by atoms with Gasteiger partial charge in [-0.25, -0.2) is 8.78 Å². The van der Waals surface area contributed by atoms with Crippen molar-refractivity contribution in [2.24, 2.45) is 0 Å². The normalized spacial score (nSPS) is 10.8. The molecule has 0 saturated carbocycles. The van der Waals surface area contributed by atoms with E-state index in [1.165, 1.54) is 12.1 Å². The summed E-state index contributed by atoms with van der Waals surface area (Å²) < 4.78 is 24.7. The summed E-state index contributed by atoms with van der Waals surface area (Å²) in [5.41, 5.74) is 0.281. The van der Waals surface area contributed by atoms with Crippen LogP contribution in [-0.2, 0) is 0 Å². The molecule has 1 aromatic rings. The first-order valence-electron chi connectivity index (χ1n) is 3.26. The smallest absolute Gasteiger partial charge is 0.205 e. The summed E-state index contributed by atoms with van der Waals surface area (Å²) in [4.78, 5) is 0. The summed E-state index contributed by atoms with van der Waals surface area (Å²) in [6.45, 7) is 1.57. The van der Waals surface area contributed by atoms with Gasteiger partial charge in [-0.05, 0) is 18.6 Å². The average Bonchev–Trinajstić information content (AvgIpc) is 1.97. The fourth-order valence-electron chi connectivity index (χ4n) is 0.931. The van der Waals surface area contributed by atoms with Crippen LogP contribution in [0.15, 0.2) is 12.1 Å². The van der Waals surface area contributed by atoms with Crippen LogP contribution in [-0.4, -0.2) is 0 Å². The monoisotopic (exact) mass is 210 g/mol. The van der Waals surface area contributed by atoms with Gasteiger partial charge in [0.25, 0.3) is 6.43 Å². The number of benzene rings is 1. The lowest BCUT2D eigenvalue weighted by Gasteiger charge is -2.07. The Balaban J connectivity index is 3.33. The molecule has 0 unspecified atom stereocenters. The van der Waals surface area contributed by atoms with Crippen LogP contribution in [0, 0.1) is 6.92 Å². The number of rotatable bonds is 1. The molecular weight excluding hydrogens is 205 g/mol. The van der Waals surface area contributed by atoms with Crippen molar-refractivity contribution in [3.8, 4) is 0 Å². The molecule has 0 atom stereocenters. The Labute approximate surface area is 79.1 Å². The van der Waals surface area contributed by atoms with Gasteiger partial charge in [0.1, 0.15) is 0 Å². The highest BCUT2D eigenvalue weighted by molar-refractivity contribution is 6.42. The van der Waals surface area contributed by atoms with Gasteiger partial charge in [0.15, 0.2) is 0 Å². The van der Waals surface area contributed by atoms with E-state index in [9.17, 15) is 8.78 Å². The third-order valence-corrected chi connectivity index (χ3v) is 2.39. The van der Waals surface area contributed by atoms with E-state index in [2.05, 4.69) is 0 Å². The fraction of sp³-hybridized carbons (Fsp3) is 0.250. The van der Waals surface area contributed by atoms with Crippen molar-refractivity contribution in [1.29, 1.82) is 0 Å². The Bertz CT molecular complexity index is 297. The van der Waals surface area contributed by atoms with Gasteiger partial charge in [-0.15, -0.1) is 0 Å². The third-order valence-electron chi connectivity index (χ3n) is 1.57. The first-order chi connectivity index (χ1) is 5.54. The lowest BCUT2D eigenvalue weighted by molar-refractivity contribution is 0.150. The molecule has 12 heavy (non-hydrogen) atoms. The highest BCUT2D eigenvalue weighted by Gasteiger charge is 2.16. The van der Waals surface area contributed by atoms with Crippen LogP contribution in [0.4, 0.5) is 8.78 Å². The molecule has 0 aliphatic heterocycles. The molecule has 0 aromatic heterocycles. The largest absolute Gasteiger partial charge is 0.265 e. The van der Waals surface area contributed by atoms with Gasteiger partial charge in [0.05, 0.1) is 10.0 Å². The molecule has 0 saturated heterocycles. The molecule has 66 valence electrons. The van der Waals surface area contributed by atoms with Gasteiger partial charge < -0.3 is 0 Å². The Morgan fingerprint density at radius 2 is 1.83 bits per heavy atom. The van der Waals surface area contributed by atoms with E-state index in [-0.39, 0.29) is 15.6 Å². The Hall–Kier alpha value is -0.340. The zero-order valence-electron chi connectivity index (χ0n) is 6.24. The lowest BCUT2D eigenvalue weighted by atomic mass is 10.1. The molecule has 4 heteroatoms. The number of aryl methyl sites for hydroxylation is 1. The second-order valence-electron chi connectivity index (χ2n) is 2.39. The number of hydrogen-bond donors (Lipinski definition) is 0. The van der Waals surface area contributed by atoms with Gasteiger partial charge in [-0.3, -0.25) is 0 Å². The molecule has 0 spiro atoms. The molecule has 1 aromatic carbocycles. The van der Waals surface area contributed by atoms with E-state index in [1.54, 1.807) is 6.92 Å². The predicted octanol–water partition coefficient (Wildman–Crippen LogP) is 4.24. The summed E-state index contributed by atoms with van der Waals surface area (Å²) in [6.07, 6.45) is -2.57. The van der Waals surface area contributed by atoms with Crippen molar-refractivity contribution in [3.05, 3.63) is 33.3 Å². The molecule has 0 nitrogen and oxygen atoms in total. The molecular formula is C8H6Cl2F2. The summed E-state index contributed by atoms with van der Waals surface area (Å²) in [5.74, 6) is 0. The Morgan fingerprint density at radius 1 is 1.25 bits per heavy atom. The second-order valence-corrected chi connectivity index (χ2v) is 3.18. The molecule has 0 heterocycles. The van der Waals surface area contributed by atoms with Gasteiger partial charge in [0.2, 0.25) is 0 Å². The third kappa shape index (κ3) is 1.70. The van der Waals surface area contributed by atoms with Gasteiger partial charge in [-0.2, -0.15) is 0 Å². The molecule has 0 aliphatic carbocycles. The Kier molecular flexibility index (Phi) is 2.91. The van der Waals surface area contributed by atoms with Gasteiger partial charge >= 0.3 is 0 Å². The average molecular weight is 211 g/mol. The maximum Gasteiger partial charge on any atom is 0.265 e. The van der Waals surface area contributed by atoms with Crippen LogP contribution in [0.5, 0.6) is 0 Å². The van der Waals surface area contributed by atoms with Crippen molar-refractivity contribution in [2.75, 3.05) is 0 Å². The second kappa shape index (κ2) is 3.58. The van der Waals surface area contributed by atoms with E-state index in [0.717, 1.165) is 0 Å². The SMILES string of the molecule is Cc1ccc(Cl)c(Cl)c1C(F)F. The standard InChI is InChI=1S/C8H6Cl2F2/c1-4-2-3-5(9)7(10)6(4)8(11)12/h2-3,8H,1H3. The van der Waals surface area contributed by atoms with Gasteiger partial charge in [-0.1, -0.05) is 29.3 Å². The minimum atomic E-state index is -2.57. The quantitative estimate of drug-likeness (QED) is 0.651. The molecule has 0 amide bonds. The van der Waals surface area contributed by atoms with Crippen LogP contribution in [0.25, 0.3) is 0 Å². The van der Waals surface area contributed by atoms with Crippen molar-refractivity contribution >= 4 is 23.2 Å². The zero-order chi connectivity index (χ0) is 9.30. The molecule has 0 aliphatic rings. The van der Waals surface area contributed by atoms with Crippen molar-refractivity contribution in [1.82, 2.24) is 0 Å².